The van der Waals surface area contributed by atoms with E-state index in [1.165, 1.54) is 22.3 Å². The molecular formula is C31H44BIO3. The zero-order valence-electron chi connectivity index (χ0n) is 23.7. The highest BCUT2D eigenvalue weighted by molar-refractivity contribution is 14.1. The van der Waals surface area contributed by atoms with E-state index < -0.39 is 5.60 Å². The largest absolute Gasteiger partial charge is 0.495 e. The van der Waals surface area contributed by atoms with Gasteiger partial charge >= 0.3 is 7.12 Å². The average molecular weight is 602 g/mol. The summed E-state index contributed by atoms with van der Waals surface area (Å²) in [7, 11) is -0.349. The maximum Gasteiger partial charge on any atom is 0.495 e. The van der Waals surface area contributed by atoms with Gasteiger partial charge < -0.3 is 14.4 Å². The molecule has 0 bridgehead atoms. The minimum Gasteiger partial charge on any atom is -0.399 e. The Kier molecular flexibility index (Phi) is 8.92. The highest BCUT2D eigenvalue weighted by Gasteiger charge is 2.52. The van der Waals surface area contributed by atoms with Crippen molar-refractivity contribution in [3.05, 3.63) is 70.3 Å². The fraction of sp³-hybridized carbons (Fsp3) is 0.548. The lowest BCUT2D eigenvalue weighted by Gasteiger charge is -2.33. The Morgan fingerprint density at radius 1 is 0.861 bits per heavy atom. The van der Waals surface area contributed by atoms with Gasteiger partial charge in [-0.2, -0.15) is 0 Å². The van der Waals surface area contributed by atoms with Crippen molar-refractivity contribution in [2.24, 2.45) is 0 Å². The monoisotopic (exact) mass is 602 g/mol. The van der Waals surface area contributed by atoms with Gasteiger partial charge in [-0.3, -0.25) is 0 Å². The van der Waals surface area contributed by atoms with Gasteiger partial charge in [0.2, 0.25) is 0 Å². The zero-order chi connectivity index (χ0) is 26.9. The summed E-state index contributed by atoms with van der Waals surface area (Å²) in [6.07, 6.45) is 6.47. The van der Waals surface area contributed by atoms with Gasteiger partial charge in [0.1, 0.15) is 0 Å². The molecule has 0 aliphatic carbocycles. The first kappa shape index (κ1) is 29.4. The summed E-state index contributed by atoms with van der Waals surface area (Å²) in [5, 5.41) is 10.7. The van der Waals surface area contributed by atoms with Crippen molar-refractivity contribution in [1.82, 2.24) is 0 Å². The van der Waals surface area contributed by atoms with E-state index in [0.717, 1.165) is 21.9 Å². The quantitative estimate of drug-likeness (QED) is 0.186. The Bertz CT molecular complexity index is 1080. The Morgan fingerprint density at radius 3 is 1.83 bits per heavy atom. The molecule has 0 saturated carbocycles. The van der Waals surface area contributed by atoms with E-state index in [1.807, 2.05) is 19.9 Å². The van der Waals surface area contributed by atoms with Crippen LogP contribution in [0.2, 0.25) is 0 Å². The Balaban J connectivity index is 1.97. The fourth-order valence-corrected chi connectivity index (χ4v) is 6.34. The van der Waals surface area contributed by atoms with Crippen LogP contribution in [-0.2, 0) is 14.7 Å². The summed E-state index contributed by atoms with van der Waals surface area (Å²) < 4.78 is 13.7. The van der Waals surface area contributed by atoms with Gasteiger partial charge in [0.15, 0.2) is 0 Å². The number of hydrogen-bond acceptors (Lipinski definition) is 3. The Morgan fingerprint density at radius 2 is 1.39 bits per heavy atom. The maximum absolute atomic E-state index is 10.7. The molecule has 5 heteroatoms. The maximum atomic E-state index is 10.7. The molecule has 1 N–H and O–H groups in total. The van der Waals surface area contributed by atoms with E-state index in [-0.39, 0.29) is 23.7 Å². The normalized spacial score (nSPS) is 19.1. The van der Waals surface area contributed by atoms with E-state index in [1.54, 1.807) is 0 Å². The molecule has 196 valence electrons. The van der Waals surface area contributed by atoms with Crippen molar-refractivity contribution in [3.63, 3.8) is 0 Å². The number of aryl methyl sites for hydroxylation is 2. The van der Waals surface area contributed by atoms with Crippen LogP contribution in [-0.4, -0.2) is 33.5 Å². The molecule has 1 unspecified atom stereocenters. The van der Waals surface area contributed by atoms with E-state index in [2.05, 4.69) is 114 Å². The zero-order valence-corrected chi connectivity index (χ0v) is 25.8. The van der Waals surface area contributed by atoms with Gasteiger partial charge in [0.25, 0.3) is 0 Å². The first-order chi connectivity index (χ1) is 16.8. The van der Waals surface area contributed by atoms with Crippen molar-refractivity contribution >= 4 is 41.2 Å². The van der Waals surface area contributed by atoms with Gasteiger partial charge in [0.05, 0.1) is 16.8 Å². The van der Waals surface area contributed by atoms with Gasteiger partial charge in [-0.05, 0) is 88.5 Å². The van der Waals surface area contributed by atoms with Crippen molar-refractivity contribution in [2.75, 3.05) is 4.43 Å². The van der Waals surface area contributed by atoms with Gasteiger partial charge in [-0.15, -0.1) is 0 Å². The summed E-state index contributed by atoms with van der Waals surface area (Å²) in [4.78, 5) is 0. The average Bonchev–Trinajstić information content (AvgIpc) is 3.06. The first-order valence-electron chi connectivity index (χ1n) is 13.3. The molecule has 1 fully saturated rings. The molecule has 1 atom stereocenters. The standard InChI is InChI=1S/C31H44BIO3/c1-10-30(34,11-2)18-17-24-13-14-25(19-22(24)4)31(12-3,21-33)26-15-16-27(23(5)20-26)32-35-28(6,7)29(8,9)36-32/h13-20,34H,10-12,21H2,1-9H3/b18-17+. The number of halogens is 1. The van der Waals surface area contributed by atoms with Crippen LogP contribution in [0.1, 0.15) is 95.5 Å². The van der Waals surface area contributed by atoms with Crippen LogP contribution < -0.4 is 5.46 Å². The molecule has 2 aromatic rings. The van der Waals surface area contributed by atoms with Gasteiger partial charge in [0, 0.05) is 9.84 Å². The lowest BCUT2D eigenvalue weighted by Crippen LogP contribution is -2.41. The van der Waals surface area contributed by atoms with Crippen LogP contribution >= 0.6 is 22.6 Å². The van der Waals surface area contributed by atoms with Crippen LogP contribution in [0.25, 0.3) is 6.08 Å². The third-order valence-corrected chi connectivity index (χ3v) is 10.1. The molecule has 1 aliphatic rings. The second-order valence-corrected chi connectivity index (χ2v) is 12.2. The van der Waals surface area contributed by atoms with Crippen LogP contribution in [0.3, 0.4) is 0 Å². The highest BCUT2D eigenvalue weighted by atomic mass is 127. The van der Waals surface area contributed by atoms with E-state index in [9.17, 15) is 5.11 Å². The molecule has 1 saturated heterocycles. The topological polar surface area (TPSA) is 38.7 Å². The SMILES string of the molecule is CCC(O)(/C=C/c1ccc(C(CC)(CI)c2ccc(B3OC(C)(C)C(C)(C)O3)c(C)c2)cc1C)CC. The summed E-state index contributed by atoms with van der Waals surface area (Å²) in [5.41, 5.74) is 5.82. The van der Waals surface area contributed by atoms with Crippen LogP contribution in [0.15, 0.2) is 42.5 Å². The van der Waals surface area contributed by atoms with Crippen molar-refractivity contribution in [2.45, 2.75) is 104 Å². The van der Waals surface area contributed by atoms with E-state index in [0.29, 0.717) is 12.8 Å². The molecular weight excluding hydrogens is 558 g/mol. The molecule has 0 spiro atoms. The molecule has 36 heavy (non-hydrogen) atoms. The van der Waals surface area contributed by atoms with Crippen molar-refractivity contribution in [3.8, 4) is 0 Å². The summed E-state index contributed by atoms with van der Waals surface area (Å²) in [5.74, 6) is 0. The summed E-state index contributed by atoms with van der Waals surface area (Å²) >= 11 is 2.54. The number of benzene rings is 2. The number of hydrogen-bond donors (Lipinski definition) is 1. The van der Waals surface area contributed by atoms with Gasteiger partial charge in [-0.25, -0.2) is 0 Å². The Labute approximate surface area is 233 Å². The van der Waals surface area contributed by atoms with Gasteiger partial charge in [-0.1, -0.05) is 97.5 Å². The second kappa shape index (κ2) is 10.9. The third-order valence-electron chi connectivity index (χ3n) is 8.78. The molecule has 0 aromatic heterocycles. The molecule has 0 radical (unpaired) electrons. The van der Waals surface area contributed by atoms with Crippen molar-refractivity contribution in [1.29, 1.82) is 0 Å². The molecule has 0 amide bonds. The molecule has 3 rings (SSSR count). The van der Waals surface area contributed by atoms with Crippen molar-refractivity contribution < 1.29 is 14.4 Å². The van der Waals surface area contributed by atoms with Crippen LogP contribution in [0, 0.1) is 13.8 Å². The van der Waals surface area contributed by atoms with E-state index >= 15 is 0 Å². The molecule has 1 heterocycles. The Hall–Kier alpha value is -1.15. The number of aliphatic hydroxyl groups is 1. The fourth-order valence-electron chi connectivity index (χ4n) is 4.92. The number of alkyl halides is 1. The van der Waals surface area contributed by atoms with Crippen LogP contribution in [0.5, 0.6) is 0 Å². The first-order valence-corrected chi connectivity index (χ1v) is 14.9. The smallest absolute Gasteiger partial charge is 0.399 e. The minimum absolute atomic E-state index is 0.0830. The predicted molar refractivity (Wildman–Crippen MR) is 163 cm³/mol. The third kappa shape index (κ3) is 5.50. The highest BCUT2D eigenvalue weighted by Crippen LogP contribution is 2.40. The second-order valence-electron chi connectivity index (χ2n) is 11.4. The number of rotatable bonds is 9. The van der Waals surface area contributed by atoms with E-state index in [4.69, 9.17) is 9.31 Å². The minimum atomic E-state index is -0.739. The lowest BCUT2D eigenvalue weighted by atomic mass is 9.70. The summed E-state index contributed by atoms with van der Waals surface area (Å²) in [6, 6.07) is 13.6. The summed E-state index contributed by atoms with van der Waals surface area (Å²) in [6.45, 7) is 19.1. The molecule has 3 nitrogen and oxygen atoms in total. The molecule has 1 aliphatic heterocycles. The molecule has 2 aromatic carbocycles. The van der Waals surface area contributed by atoms with Crippen LogP contribution in [0.4, 0.5) is 0 Å². The predicted octanol–water partition coefficient (Wildman–Crippen LogP) is 7.30. The lowest BCUT2D eigenvalue weighted by molar-refractivity contribution is 0.00578.